The first-order chi connectivity index (χ1) is 9.17. The van der Waals surface area contributed by atoms with E-state index in [-0.39, 0.29) is 0 Å². The number of benzene rings is 2. The molecular formula is C17H20O2. The van der Waals surface area contributed by atoms with Gasteiger partial charge in [-0.3, -0.25) is 0 Å². The van der Waals surface area contributed by atoms with E-state index >= 15 is 0 Å². The lowest BCUT2D eigenvalue weighted by Gasteiger charge is -2.16. The van der Waals surface area contributed by atoms with Gasteiger partial charge in [-0.25, -0.2) is 0 Å². The highest BCUT2D eigenvalue weighted by atomic mass is 16.5. The Morgan fingerprint density at radius 1 is 1.16 bits per heavy atom. The van der Waals surface area contributed by atoms with Gasteiger partial charge in [0, 0.05) is 0 Å². The fourth-order valence-electron chi connectivity index (χ4n) is 2.37. The summed E-state index contributed by atoms with van der Waals surface area (Å²) in [7, 11) is 1.66. The first-order valence-electron chi connectivity index (χ1n) is 6.57. The van der Waals surface area contributed by atoms with Crippen LogP contribution in [-0.2, 0) is 6.42 Å². The lowest BCUT2D eigenvalue weighted by molar-refractivity contribution is 0.219. The van der Waals surface area contributed by atoms with Crippen molar-refractivity contribution in [2.45, 2.75) is 26.4 Å². The van der Waals surface area contributed by atoms with Crippen molar-refractivity contribution in [3.8, 4) is 5.75 Å². The maximum atomic E-state index is 10.6. The van der Waals surface area contributed by atoms with Crippen LogP contribution < -0.4 is 4.74 Å². The maximum absolute atomic E-state index is 10.6. The summed E-state index contributed by atoms with van der Waals surface area (Å²) in [5.41, 5.74) is 4.10. The van der Waals surface area contributed by atoms with Gasteiger partial charge in [-0.1, -0.05) is 37.3 Å². The van der Waals surface area contributed by atoms with E-state index in [1.54, 1.807) is 7.11 Å². The molecule has 0 aliphatic carbocycles. The number of aryl methyl sites for hydroxylation is 2. The second kappa shape index (κ2) is 5.89. The quantitative estimate of drug-likeness (QED) is 0.904. The molecule has 0 saturated heterocycles. The van der Waals surface area contributed by atoms with E-state index in [2.05, 4.69) is 13.0 Å². The van der Waals surface area contributed by atoms with Crippen molar-refractivity contribution in [2.24, 2.45) is 0 Å². The van der Waals surface area contributed by atoms with Gasteiger partial charge in [-0.15, -0.1) is 0 Å². The zero-order valence-electron chi connectivity index (χ0n) is 11.7. The minimum atomic E-state index is -0.583. The molecule has 1 N–H and O–H groups in total. The molecule has 0 saturated carbocycles. The average Bonchev–Trinajstić information content (AvgIpc) is 2.46. The van der Waals surface area contributed by atoms with Gasteiger partial charge in [0.1, 0.15) is 11.9 Å². The largest absolute Gasteiger partial charge is 0.496 e. The summed E-state index contributed by atoms with van der Waals surface area (Å²) < 4.78 is 5.25. The smallest absolute Gasteiger partial charge is 0.121 e. The molecule has 0 heterocycles. The number of hydrogen-bond acceptors (Lipinski definition) is 2. The zero-order chi connectivity index (χ0) is 13.8. The van der Waals surface area contributed by atoms with Crippen LogP contribution in [0.15, 0.2) is 42.5 Å². The van der Waals surface area contributed by atoms with E-state index in [1.807, 2.05) is 43.3 Å². The Morgan fingerprint density at radius 3 is 2.53 bits per heavy atom. The van der Waals surface area contributed by atoms with E-state index in [0.29, 0.717) is 0 Å². The highest BCUT2D eigenvalue weighted by molar-refractivity contribution is 5.41. The fourth-order valence-corrected chi connectivity index (χ4v) is 2.37. The summed E-state index contributed by atoms with van der Waals surface area (Å²) in [6, 6.07) is 13.8. The molecular weight excluding hydrogens is 236 g/mol. The molecule has 2 aromatic carbocycles. The molecule has 19 heavy (non-hydrogen) atoms. The third-order valence-corrected chi connectivity index (χ3v) is 3.47. The summed E-state index contributed by atoms with van der Waals surface area (Å²) in [6.07, 6.45) is 0.336. The Labute approximate surface area is 114 Å². The van der Waals surface area contributed by atoms with E-state index < -0.39 is 6.10 Å². The normalized spacial score (nSPS) is 12.2. The second-order valence-electron chi connectivity index (χ2n) is 4.68. The Kier molecular flexibility index (Phi) is 4.23. The first kappa shape index (κ1) is 13.6. The van der Waals surface area contributed by atoms with Crippen LogP contribution in [0, 0.1) is 6.92 Å². The van der Waals surface area contributed by atoms with Crippen LogP contribution in [0.3, 0.4) is 0 Å². The lowest BCUT2D eigenvalue weighted by atomic mass is 9.94. The molecule has 1 unspecified atom stereocenters. The Morgan fingerprint density at radius 2 is 1.89 bits per heavy atom. The van der Waals surface area contributed by atoms with Gasteiger partial charge in [-0.05, 0) is 47.7 Å². The van der Waals surface area contributed by atoms with Gasteiger partial charge in [0.05, 0.1) is 7.11 Å². The number of aliphatic hydroxyl groups excluding tert-OH is 1. The van der Waals surface area contributed by atoms with Gasteiger partial charge < -0.3 is 9.84 Å². The second-order valence-corrected chi connectivity index (χ2v) is 4.68. The molecule has 0 fully saturated rings. The van der Waals surface area contributed by atoms with Crippen molar-refractivity contribution >= 4 is 0 Å². The number of hydrogen-bond donors (Lipinski definition) is 1. The van der Waals surface area contributed by atoms with Gasteiger partial charge in [0.25, 0.3) is 0 Å². The Balaban J connectivity index is 2.38. The zero-order valence-corrected chi connectivity index (χ0v) is 11.7. The summed E-state index contributed by atoms with van der Waals surface area (Å²) >= 11 is 0. The summed E-state index contributed by atoms with van der Waals surface area (Å²) in [4.78, 5) is 0. The summed E-state index contributed by atoms with van der Waals surface area (Å²) in [5, 5.41) is 10.6. The molecule has 2 nitrogen and oxygen atoms in total. The number of ether oxygens (including phenoxy) is 1. The molecule has 0 aliphatic heterocycles. The molecule has 1 atom stereocenters. The topological polar surface area (TPSA) is 29.5 Å². The van der Waals surface area contributed by atoms with Crippen LogP contribution in [-0.4, -0.2) is 12.2 Å². The third-order valence-electron chi connectivity index (χ3n) is 3.47. The van der Waals surface area contributed by atoms with Crippen molar-refractivity contribution in [3.63, 3.8) is 0 Å². The van der Waals surface area contributed by atoms with Gasteiger partial charge in [-0.2, -0.15) is 0 Å². The predicted molar refractivity (Wildman–Crippen MR) is 77.6 cm³/mol. The molecule has 0 bridgehead atoms. The Hall–Kier alpha value is -1.80. The number of rotatable bonds is 4. The minimum absolute atomic E-state index is 0.583. The van der Waals surface area contributed by atoms with Crippen molar-refractivity contribution < 1.29 is 9.84 Å². The molecule has 2 aromatic rings. The molecule has 2 rings (SSSR count). The number of aliphatic hydroxyl groups is 1. The van der Waals surface area contributed by atoms with Gasteiger partial charge in [0.2, 0.25) is 0 Å². The van der Waals surface area contributed by atoms with Crippen LogP contribution in [0.5, 0.6) is 5.75 Å². The summed E-state index contributed by atoms with van der Waals surface area (Å²) in [6.45, 7) is 4.09. The van der Waals surface area contributed by atoms with Gasteiger partial charge in [0.15, 0.2) is 0 Å². The van der Waals surface area contributed by atoms with Crippen LogP contribution >= 0.6 is 0 Å². The average molecular weight is 256 g/mol. The predicted octanol–water partition coefficient (Wildman–Crippen LogP) is 3.65. The lowest BCUT2D eigenvalue weighted by Crippen LogP contribution is -2.04. The van der Waals surface area contributed by atoms with Crippen molar-refractivity contribution in [1.29, 1.82) is 0 Å². The molecule has 100 valence electrons. The molecule has 2 heteroatoms. The first-order valence-corrected chi connectivity index (χ1v) is 6.57. The van der Waals surface area contributed by atoms with Crippen molar-refractivity contribution in [2.75, 3.05) is 7.11 Å². The molecule has 0 amide bonds. The monoisotopic (exact) mass is 256 g/mol. The molecule has 0 aromatic heterocycles. The van der Waals surface area contributed by atoms with E-state index in [1.165, 1.54) is 5.56 Å². The summed E-state index contributed by atoms with van der Waals surface area (Å²) in [5.74, 6) is 0.847. The van der Waals surface area contributed by atoms with Crippen molar-refractivity contribution in [3.05, 3.63) is 64.7 Å². The number of methoxy groups -OCH3 is 1. The minimum Gasteiger partial charge on any atom is -0.496 e. The maximum Gasteiger partial charge on any atom is 0.121 e. The fraction of sp³-hybridized carbons (Fsp3) is 0.294. The van der Waals surface area contributed by atoms with Crippen molar-refractivity contribution in [1.82, 2.24) is 0 Å². The Bertz CT molecular complexity index is 561. The van der Waals surface area contributed by atoms with Gasteiger partial charge >= 0.3 is 0 Å². The highest BCUT2D eigenvalue weighted by Crippen LogP contribution is 2.28. The SMILES string of the molecule is CCc1ccccc1C(O)c1ccc(OC)c(C)c1. The van der Waals surface area contributed by atoms with E-state index in [4.69, 9.17) is 4.74 Å². The van der Waals surface area contributed by atoms with E-state index in [9.17, 15) is 5.11 Å². The van der Waals surface area contributed by atoms with Crippen LogP contribution in [0.25, 0.3) is 0 Å². The standard InChI is InChI=1S/C17H20O2/c1-4-13-7-5-6-8-15(13)17(18)14-9-10-16(19-3)12(2)11-14/h5-11,17-18H,4H2,1-3H3. The highest BCUT2D eigenvalue weighted by Gasteiger charge is 2.14. The van der Waals surface area contributed by atoms with Crippen LogP contribution in [0.1, 0.15) is 35.3 Å². The van der Waals surface area contributed by atoms with Crippen LogP contribution in [0.2, 0.25) is 0 Å². The van der Waals surface area contributed by atoms with Crippen LogP contribution in [0.4, 0.5) is 0 Å². The third kappa shape index (κ3) is 2.79. The van der Waals surface area contributed by atoms with E-state index in [0.717, 1.165) is 28.9 Å². The molecule has 0 spiro atoms. The molecule has 0 radical (unpaired) electrons. The molecule has 0 aliphatic rings.